The molecule has 0 fully saturated rings. The molecule has 0 bridgehead atoms. The average Bonchev–Trinajstić information content (AvgIpc) is 3.33. The summed E-state index contributed by atoms with van der Waals surface area (Å²) in [5.41, 5.74) is 2.73. The quantitative estimate of drug-likeness (QED) is 0.378. The van der Waals surface area contributed by atoms with Gasteiger partial charge in [0.2, 0.25) is 0 Å². The molecule has 34 heavy (non-hydrogen) atoms. The minimum Gasteiger partial charge on any atom is -0.390 e. The van der Waals surface area contributed by atoms with Crippen LogP contribution in [0.3, 0.4) is 0 Å². The Labute approximate surface area is 197 Å². The highest BCUT2D eigenvalue weighted by Gasteiger charge is 2.28. The monoisotopic (exact) mass is 453 g/mol. The van der Waals surface area contributed by atoms with Crippen LogP contribution in [0.4, 0.5) is 14.9 Å². The summed E-state index contributed by atoms with van der Waals surface area (Å²) >= 11 is 0. The zero-order valence-corrected chi connectivity index (χ0v) is 18.5. The summed E-state index contributed by atoms with van der Waals surface area (Å²) in [5.74, 6) is -0.333. The molecule has 1 N–H and O–H groups in total. The molecule has 0 saturated heterocycles. The normalized spacial score (nSPS) is 15.0. The molecule has 1 atom stereocenters. The Hall–Kier alpha value is -4.19. The van der Waals surface area contributed by atoms with E-state index in [1.807, 2.05) is 72.8 Å². The zero-order valence-electron chi connectivity index (χ0n) is 18.5. The number of hydrogen-bond acceptors (Lipinski definition) is 3. The predicted octanol–water partition coefficient (Wildman–Crippen LogP) is 6.21. The molecule has 6 heteroatoms. The van der Waals surface area contributed by atoms with Crippen LogP contribution in [0.1, 0.15) is 17.5 Å². The SMILES string of the molecule is O=C(Nc1cccc2ccccc12)N(Cc1ccccc1)C[C@@H]1CC(c2ccccc2F)=NO1. The molecule has 1 heterocycles. The van der Waals surface area contributed by atoms with Crippen molar-refractivity contribution in [2.24, 2.45) is 5.16 Å². The first-order chi connectivity index (χ1) is 16.7. The van der Waals surface area contributed by atoms with E-state index in [0.29, 0.717) is 30.8 Å². The summed E-state index contributed by atoms with van der Waals surface area (Å²) in [6.07, 6.45) is 0.0601. The van der Waals surface area contributed by atoms with Crippen LogP contribution in [0.5, 0.6) is 0 Å². The second-order valence-electron chi connectivity index (χ2n) is 8.27. The van der Waals surface area contributed by atoms with Crippen molar-refractivity contribution in [3.63, 3.8) is 0 Å². The molecule has 170 valence electrons. The minimum absolute atomic E-state index is 0.233. The van der Waals surface area contributed by atoms with Crippen LogP contribution in [-0.4, -0.2) is 29.3 Å². The van der Waals surface area contributed by atoms with Crippen molar-refractivity contribution < 1.29 is 14.0 Å². The van der Waals surface area contributed by atoms with E-state index in [1.54, 1.807) is 23.1 Å². The van der Waals surface area contributed by atoms with E-state index in [-0.39, 0.29) is 18.0 Å². The van der Waals surface area contributed by atoms with Crippen molar-refractivity contribution in [1.82, 2.24) is 4.90 Å². The van der Waals surface area contributed by atoms with Gasteiger partial charge in [-0.3, -0.25) is 0 Å². The largest absolute Gasteiger partial charge is 0.390 e. The van der Waals surface area contributed by atoms with Crippen molar-refractivity contribution in [3.8, 4) is 0 Å². The first-order valence-corrected chi connectivity index (χ1v) is 11.2. The number of rotatable bonds is 6. The third kappa shape index (κ3) is 4.76. The molecule has 2 amide bonds. The lowest BCUT2D eigenvalue weighted by Gasteiger charge is -2.25. The van der Waals surface area contributed by atoms with E-state index < -0.39 is 0 Å². The molecule has 0 aliphatic carbocycles. The Morgan fingerprint density at radius 3 is 2.53 bits per heavy atom. The van der Waals surface area contributed by atoms with Crippen LogP contribution >= 0.6 is 0 Å². The molecular formula is C28H24FN3O2. The first kappa shape index (κ1) is 21.6. The topological polar surface area (TPSA) is 53.9 Å². The number of nitrogens with one attached hydrogen (secondary N) is 1. The molecule has 5 rings (SSSR count). The number of urea groups is 1. The fraction of sp³-hybridized carbons (Fsp3) is 0.143. The lowest BCUT2D eigenvalue weighted by atomic mass is 10.0. The van der Waals surface area contributed by atoms with Gasteiger partial charge in [-0.1, -0.05) is 90.1 Å². The van der Waals surface area contributed by atoms with Gasteiger partial charge in [0, 0.05) is 23.9 Å². The van der Waals surface area contributed by atoms with E-state index in [0.717, 1.165) is 22.0 Å². The van der Waals surface area contributed by atoms with Gasteiger partial charge in [0.1, 0.15) is 5.82 Å². The smallest absolute Gasteiger partial charge is 0.322 e. The molecule has 4 aromatic rings. The Morgan fingerprint density at radius 2 is 1.68 bits per heavy atom. The summed E-state index contributed by atoms with van der Waals surface area (Å²) in [5, 5.41) is 9.20. The van der Waals surface area contributed by atoms with Gasteiger partial charge < -0.3 is 15.1 Å². The molecule has 5 nitrogen and oxygen atoms in total. The predicted molar refractivity (Wildman–Crippen MR) is 132 cm³/mol. The number of anilines is 1. The highest BCUT2D eigenvalue weighted by atomic mass is 19.1. The van der Waals surface area contributed by atoms with Crippen LogP contribution < -0.4 is 5.32 Å². The lowest BCUT2D eigenvalue weighted by Crippen LogP contribution is -2.40. The molecule has 1 aliphatic rings. The molecular weight excluding hydrogens is 429 g/mol. The Kier molecular flexibility index (Phi) is 6.21. The standard InChI is InChI=1S/C28H24FN3O2/c29-25-15-7-6-14-24(25)27-17-22(34-31-27)19-32(18-20-9-2-1-3-10-20)28(33)30-26-16-8-12-21-11-4-5-13-23(21)26/h1-16,22H,17-19H2,(H,30,33)/t22-/m0/s1. The van der Waals surface area contributed by atoms with Gasteiger partial charge >= 0.3 is 6.03 Å². The van der Waals surface area contributed by atoms with Crippen molar-refractivity contribution in [1.29, 1.82) is 0 Å². The number of hydrogen-bond donors (Lipinski definition) is 1. The summed E-state index contributed by atoms with van der Waals surface area (Å²) in [4.78, 5) is 20.7. The maximum atomic E-state index is 14.2. The lowest BCUT2D eigenvalue weighted by molar-refractivity contribution is 0.0608. The van der Waals surface area contributed by atoms with E-state index in [9.17, 15) is 9.18 Å². The third-order valence-corrected chi connectivity index (χ3v) is 5.88. The van der Waals surface area contributed by atoms with Crippen molar-refractivity contribution in [2.45, 2.75) is 19.1 Å². The summed E-state index contributed by atoms with van der Waals surface area (Å²) < 4.78 is 14.2. The van der Waals surface area contributed by atoms with Crippen LogP contribution in [0, 0.1) is 5.82 Å². The maximum absolute atomic E-state index is 14.2. The average molecular weight is 454 g/mol. The molecule has 0 aromatic heterocycles. The Bertz CT molecular complexity index is 1330. The van der Waals surface area contributed by atoms with Crippen molar-refractivity contribution in [2.75, 3.05) is 11.9 Å². The Morgan fingerprint density at radius 1 is 0.941 bits per heavy atom. The number of carbonyl (C=O) groups excluding carboxylic acids is 1. The summed E-state index contributed by atoms with van der Waals surface area (Å²) in [6.45, 7) is 0.722. The number of carbonyl (C=O) groups is 1. The van der Waals surface area contributed by atoms with Gasteiger partial charge in [0.25, 0.3) is 0 Å². The van der Waals surface area contributed by atoms with Gasteiger partial charge in [-0.25, -0.2) is 9.18 Å². The Balaban J connectivity index is 1.34. The number of halogens is 1. The van der Waals surface area contributed by atoms with Crippen molar-refractivity contribution in [3.05, 3.63) is 114 Å². The molecule has 1 aliphatic heterocycles. The van der Waals surface area contributed by atoms with Crippen LogP contribution in [0.15, 0.2) is 102 Å². The zero-order chi connectivity index (χ0) is 23.3. The van der Waals surface area contributed by atoms with Gasteiger partial charge in [0.05, 0.1) is 17.9 Å². The van der Waals surface area contributed by atoms with Gasteiger partial charge in [-0.05, 0) is 23.1 Å². The first-order valence-electron chi connectivity index (χ1n) is 11.2. The van der Waals surface area contributed by atoms with Crippen LogP contribution in [0.25, 0.3) is 10.8 Å². The van der Waals surface area contributed by atoms with E-state index in [2.05, 4.69) is 10.5 Å². The third-order valence-electron chi connectivity index (χ3n) is 5.88. The van der Waals surface area contributed by atoms with Crippen LogP contribution in [0.2, 0.25) is 0 Å². The number of nitrogens with zero attached hydrogens (tertiary/aromatic N) is 2. The van der Waals surface area contributed by atoms with Gasteiger partial charge in [0.15, 0.2) is 6.10 Å². The summed E-state index contributed by atoms with van der Waals surface area (Å²) in [6, 6.07) is 29.8. The van der Waals surface area contributed by atoms with Gasteiger partial charge in [-0.15, -0.1) is 0 Å². The molecule has 0 spiro atoms. The highest BCUT2D eigenvalue weighted by molar-refractivity contribution is 6.02. The van der Waals surface area contributed by atoms with Gasteiger partial charge in [-0.2, -0.15) is 0 Å². The number of benzene rings is 4. The summed E-state index contributed by atoms with van der Waals surface area (Å²) in [7, 11) is 0. The van der Waals surface area contributed by atoms with Crippen molar-refractivity contribution >= 4 is 28.2 Å². The highest BCUT2D eigenvalue weighted by Crippen LogP contribution is 2.25. The fourth-order valence-corrected chi connectivity index (χ4v) is 4.18. The second kappa shape index (κ2) is 9.75. The fourth-order valence-electron chi connectivity index (χ4n) is 4.18. The van der Waals surface area contributed by atoms with Crippen LogP contribution in [-0.2, 0) is 11.4 Å². The molecule has 0 unspecified atom stereocenters. The number of amides is 2. The molecule has 4 aromatic carbocycles. The second-order valence-corrected chi connectivity index (χ2v) is 8.27. The van der Waals surface area contributed by atoms with E-state index in [4.69, 9.17) is 4.84 Å². The maximum Gasteiger partial charge on any atom is 0.322 e. The van der Waals surface area contributed by atoms with E-state index >= 15 is 0 Å². The molecule has 0 radical (unpaired) electrons. The molecule has 0 saturated carbocycles. The number of oxime groups is 1. The number of fused-ring (bicyclic) bond motifs is 1. The van der Waals surface area contributed by atoms with E-state index in [1.165, 1.54) is 6.07 Å². The minimum atomic E-state index is -0.364.